The Morgan fingerprint density at radius 1 is 1.12 bits per heavy atom. The van der Waals surface area contributed by atoms with Gasteiger partial charge in [-0.05, 0) is 30.7 Å². The molecular weight excluding hydrogens is 448 g/mol. The molecule has 0 unspecified atom stereocenters. The fraction of sp³-hybridized carbons (Fsp3) is 0.208. The van der Waals surface area contributed by atoms with E-state index in [9.17, 15) is 19.5 Å². The molecule has 0 saturated heterocycles. The first kappa shape index (κ1) is 24.4. The molecule has 1 heterocycles. The van der Waals surface area contributed by atoms with Crippen LogP contribution in [0.4, 0.5) is 25.0 Å². The molecule has 0 saturated carbocycles. The number of aromatic hydroxyl groups is 1. The fourth-order valence-electron chi connectivity index (χ4n) is 3.44. The van der Waals surface area contributed by atoms with E-state index in [0.717, 1.165) is 15.5 Å². The first-order valence-electron chi connectivity index (χ1n) is 10.3. The number of aliphatic carboxylic acids is 1. The van der Waals surface area contributed by atoms with Crippen molar-refractivity contribution in [2.75, 3.05) is 11.4 Å². The van der Waals surface area contributed by atoms with Gasteiger partial charge < -0.3 is 20.1 Å². The molecule has 2 amide bonds. The normalized spacial score (nSPS) is 11.2. The van der Waals surface area contributed by atoms with E-state index >= 15 is 8.78 Å². The molecule has 178 valence electrons. The Kier molecular flexibility index (Phi) is 7.00. The van der Waals surface area contributed by atoms with Crippen LogP contribution < -0.4 is 15.8 Å². The molecule has 3 N–H and O–H groups in total. The number of carbonyl (C=O) groups excluding carboxylic acids is 1. The smallest absolute Gasteiger partial charge is 0.326 e. The number of benzene rings is 2. The Bertz CT molecular complexity index is 1290. The number of urea groups is 1. The number of aryl methyl sites for hydroxylation is 2. The minimum Gasteiger partial charge on any atom is -0.505 e. The lowest BCUT2D eigenvalue weighted by molar-refractivity contribution is -0.136. The van der Waals surface area contributed by atoms with Crippen LogP contribution in [0.15, 0.2) is 65.6 Å². The SMILES string of the molecule is Cc1ccccc1C(F)(F)c1cccc(N(C(=O)NCCC(=O)O)c2c(O)ccn(C)c2=O)c1. The summed E-state index contributed by atoms with van der Waals surface area (Å²) in [6.07, 6.45) is 0.883. The molecule has 10 heteroatoms. The molecule has 0 radical (unpaired) electrons. The summed E-state index contributed by atoms with van der Waals surface area (Å²) >= 11 is 0. The molecule has 8 nitrogen and oxygen atoms in total. The summed E-state index contributed by atoms with van der Waals surface area (Å²) in [7, 11) is 1.40. The largest absolute Gasteiger partial charge is 0.505 e. The van der Waals surface area contributed by atoms with Crippen LogP contribution in [-0.4, -0.2) is 33.3 Å². The minimum absolute atomic E-state index is 0.114. The number of carbonyl (C=O) groups is 2. The maximum atomic E-state index is 15.4. The lowest BCUT2D eigenvalue weighted by atomic mass is 9.96. The topological polar surface area (TPSA) is 112 Å². The molecule has 2 aromatic carbocycles. The van der Waals surface area contributed by atoms with E-state index in [1.807, 2.05) is 0 Å². The summed E-state index contributed by atoms with van der Waals surface area (Å²) in [6, 6.07) is 11.1. The Labute approximate surface area is 193 Å². The molecule has 0 aliphatic heterocycles. The summed E-state index contributed by atoms with van der Waals surface area (Å²) in [6.45, 7) is 1.28. The standard InChI is InChI=1S/C24H23F2N3O5/c1-15-6-3-4-9-18(15)24(25,26)16-7-5-8-17(14-16)29(23(34)27-12-10-20(31)32)21-19(30)11-13-28(2)22(21)33/h3-9,11,13-14,30H,10,12H2,1-2H3,(H,27,34)(H,31,32). The zero-order valence-electron chi connectivity index (χ0n) is 18.5. The second kappa shape index (κ2) is 9.74. The lowest BCUT2D eigenvalue weighted by Gasteiger charge is -2.26. The van der Waals surface area contributed by atoms with Crippen LogP contribution >= 0.6 is 0 Å². The maximum absolute atomic E-state index is 15.4. The zero-order valence-corrected chi connectivity index (χ0v) is 18.5. The molecule has 3 aromatic rings. The Morgan fingerprint density at radius 2 is 1.82 bits per heavy atom. The minimum atomic E-state index is -3.42. The van der Waals surface area contributed by atoms with Crippen molar-refractivity contribution in [3.05, 3.63) is 87.8 Å². The molecule has 0 spiro atoms. The average Bonchev–Trinajstić information content (AvgIpc) is 2.79. The number of hydrogen-bond acceptors (Lipinski definition) is 4. The Hall–Kier alpha value is -4.21. The number of nitrogens with one attached hydrogen (secondary N) is 1. The molecule has 0 aliphatic carbocycles. The van der Waals surface area contributed by atoms with Crippen LogP contribution in [0.3, 0.4) is 0 Å². The van der Waals surface area contributed by atoms with Crippen LogP contribution in [0.25, 0.3) is 0 Å². The third-order valence-corrected chi connectivity index (χ3v) is 5.21. The van der Waals surface area contributed by atoms with Gasteiger partial charge in [0.05, 0.1) is 12.1 Å². The highest BCUT2D eigenvalue weighted by atomic mass is 19.3. The molecule has 3 rings (SSSR count). The lowest BCUT2D eigenvalue weighted by Crippen LogP contribution is -2.41. The first-order valence-corrected chi connectivity index (χ1v) is 10.3. The molecule has 0 atom stereocenters. The molecular formula is C24H23F2N3O5. The van der Waals surface area contributed by atoms with E-state index in [0.29, 0.717) is 5.56 Å². The van der Waals surface area contributed by atoms with Crippen LogP contribution in [0.2, 0.25) is 0 Å². The number of rotatable bonds is 7. The van der Waals surface area contributed by atoms with Gasteiger partial charge in [0.25, 0.3) is 11.5 Å². The van der Waals surface area contributed by atoms with E-state index in [1.165, 1.54) is 49.6 Å². The maximum Gasteiger partial charge on any atom is 0.326 e. The number of aromatic nitrogens is 1. The van der Waals surface area contributed by atoms with Gasteiger partial charge in [0, 0.05) is 30.9 Å². The highest BCUT2D eigenvalue weighted by Gasteiger charge is 2.36. The molecule has 0 bridgehead atoms. The van der Waals surface area contributed by atoms with Crippen molar-refractivity contribution < 1.29 is 28.6 Å². The summed E-state index contributed by atoms with van der Waals surface area (Å²) in [5, 5.41) is 21.6. The van der Waals surface area contributed by atoms with E-state index < -0.39 is 46.9 Å². The van der Waals surface area contributed by atoms with Gasteiger partial charge in [0.2, 0.25) is 0 Å². The fourth-order valence-corrected chi connectivity index (χ4v) is 3.44. The van der Waals surface area contributed by atoms with Crippen molar-refractivity contribution >= 4 is 23.4 Å². The van der Waals surface area contributed by atoms with Gasteiger partial charge in [0.1, 0.15) is 5.75 Å². The summed E-state index contributed by atoms with van der Waals surface area (Å²) in [5.74, 6) is -5.13. The number of carboxylic acids is 1. The summed E-state index contributed by atoms with van der Waals surface area (Å²) in [4.78, 5) is 37.4. The molecule has 1 aromatic heterocycles. The number of pyridine rings is 1. The van der Waals surface area contributed by atoms with Crippen LogP contribution in [-0.2, 0) is 17.8 Å². The van der Waals surface area contributed by atoms with Crippen molar-refractivity contribution in [2.24, 2.45) is 7.05 Å². The highest BCUT2D eigenvalue weighted by molar-refractivity contribution is 6.00. The molecule has 0 aliphatic rings. The number of nitrogens with zero attached hydrogens (tertiary/aromatic N) is 2. The van der Waals surface area contributed by atoms with Crippen molar-refractivity contribution in [1.29, 1.82) is 0 Å². The van der Waals surface area contributed by atoms with E-state index in [4.69, 9.17) is 5.11 Å². The number of anilines is 2. The van der Waals surface area contributed by atoms with Crippen molar-refractivity contribution in [3.63, 3.8) is 0 Å². The summed E-state index contributed by atoms with van der Waals surface area (Å²) in [5.41, 5.74) is -1.62. The van der Waals surface area contributed by atoms with Crippen LogP contribution in [0.5, 0.6) is 5.75 Å². The van der Waals surface area contributed by atoms with Crippen LogP contribution in [0, 0.1) is 6.92 Å². The molecule has 34 heavy (non-hydrogen) atoms. The first-order chi connectivity index (χ1) is 16.0. The number of amides is 2. The van der Waals surface area contributed by atoms with Crippen molar-refractivity contribution in [3.8, 4) is 5.75 Å². The second-order valence-corrected chi connectivity index (χ2v) is 7.62. The van der Waals surface area contributed by atoms with Crippen LogP contribution in [0.1, 0.15) is 23.1 Å². The number of halogens is 2. The third-order valence-electron chi connectivity index (χ3n) is 5.21. The number of alkyl halides is 2. The monoisotopic (exact) mass is 471 g/mol. The second-order valence-electron chi connectivity index (χ2n) is 7.62. The molecule has 0 fully saturated rings. The zero-order chi connectivity index (χ0) is 25.0. The highest BCUT2D eigenvalue weighted by Crippen LogP contribution is 2.40. The van der Waals surface area contributed by atoms with E-state index in [1.54, 1.807) is 19.1 Å². The van der Waals surface area contributed by atoms with Gasteiger partial charge >= 0.3 is 12.0 Å². The third kappa shape index (κ3) is 4.90. The van der Waals surface area contributed by atoms with Crippen molar-refractivity contribution in [1.82, 2.24) is 9.88 Å². The number of hydrogen-bond donors (Lipinski definition) is 3. The van der Waals surface area contributed by atoms with Gasteiger partial charge in [-0.15, -0.1) is 0 Å². The quantitative estimate of drug-likeness (QED) is 0.485. The van der Waals surface area contributed by atoms with Gasteiger partial charge in [0.15, 0.2) is 5.69 Å². The van der Waals surface area contributed by atoms with E-state index in [2.05, 4.69) is 5.32 Å². The van der Waals surface area contributed by atoms with E-state index in [-0.39, 0.29) is 17.8 Å². The average molecular weight is 471 g/mol. The predicted octanol–water partition coefficient (Wildman–Crippen LogP) is 3.86. The van der Waals surface area contributed by atoms with Crippen molar-refractivity contribution in [2.45, 2.75) is 19.3 Å². The summed E-state index contributed by atoms with van der Waals surface area (Å²) < 4.78 is 31.9. The predicted molar refractivity (Wildman–Crippen MR) is 122 cm³/mol. The van der Waals surface area contributed by atoms with Gasteiger partial charge in [-0.25, -0.2) is 4.79 Å². The number of carboxylic acid groups (broad SMARTS) is 1. The van der Waals surface area contributed by atoms with Gasteiger partial charge in [-0.3, -0.25) is 14.5 Å². The Morgan fingerprint density at radius 3 is 2.50 bits per heavy atom. The van der Waals surface area contributed by atoms with Gasteiger partial charge in [-0.2, -0.15) is 8.78 Å². The van der Waals surface area contributed by atoms with Gasteiger partial charge in [-0.1, -0.05) is 36.4 Å². The Balaban J connectivity index is 2.13.